The highest BCUT2D eigenvalue weighted by Crippen LogP contribution is 2.22. The van der Waals surface area contributed by atoms with Gasteiger partial charge in [0.2, 0.25) is 5.91 Å². The van der Waals surface area contributed by atoms with Gasteiger partial charge in [-0.25, -0.2) is 0 Å². The average molecular weight is 389 g/mol. The molecule has 1 fully saturated rings. The predicted octanol–water partition coefficient (Wildman–Crippen LogP) is 3.05. The molecular weight excluding hydrogens is 356 g/mol. The summed E-state index contributed by atoms with van der Waals surface area (Å²) in [5.74, 6) is -0.446. The van der Waals surface area contributed by atoms with E-state index in [4.69, 9.17) is 4.74 Å². The second-order valence-electron chi connectivity index (χ2n) is 8.26. The second kappa shape index (κ2) is 9.71. The minimum absolute atomic E-state index is 0.0319. The van der Waals surface area contributed by atoms with Crippen LogP contribution in [-0.2, 0) is 19.7 Å². The molecule has 0 bridgehead atoms. The van der Waals surface area contributed by atoms with E-state index in [0.717, 1.165) is 12.8 Å². The van der Waals surface area contributed by atoms with Crippen LogP contribution in [0.15, 0.2) is 24.3 Å². The van der Waals surface area contributed by atoms with E-state index >= 15 is 0 Å². The summed E-state index contributed by atoms with van der Waals surface area (Å²) in [5, 5.41) is 3.07. The number of rotatable bonds is 6. The van der Waals surface area contributed by atoms with E-state index in [0.29, 0.717) is 25.3 Å². The van der Waals surface area contributed by atoms with Crippen LogP contribution < -0.4 is 5.32 Å². The fraction of sp³-hybridized carbons (Fsp3) is 0.591. The van der Waals surface area contributed by atoms with Gasteiger partial charge in [0.25, 0.3) is 5.91 Å². The molecule has 1 aliphatic heterocycles. The van der Waals surface area contributed by atoms with E-state index in [2.05, 4.69) is 26.1 Å². The Morgan fingerprint density at radius 3 is 2.21 bits per heavy atom. The lowest BCUT2D eigenvalue weighted by Crippen LogP contribution is -2.46. The highest BCUT2D eigenvalue weighted by Gasteiger charge is 2.24. The lowest BCUT2D eigenvalue weighted by molar-refractivity contribution is -0.145. The van der Waals surface area contributed by atoms with Gasteiger partial charge in [-0.2, -0.15) is 0 Å². The third kappa shape index (κ3) is 6.36. The summed E-state index contributed by atoms with van der Waals surface area (Å²) in [5.41, 5.74) is 1.90. The highest BCUT2D eigenvalue weighted by atomic mass is 16.5. The van der Waals surface area contributed by atoms with Crippen LogP contribution in [0.1, 0.15) is 69.3 Å². The zero-order valence-electron chi connectivity index (χ0n) is 17.4. The van der Waals surface area contributed by atoms with Gasteiger partial charge in [0, 0.05) is 31.1 Å². The summed E-state index contributed by atoms with van der Waals surface area (Å²) in [6.45, 7) is 9.69. The number of esters is 1. The molecule has 1 heterocycles. The third-order valence-corrected chi connectivity index (χ3v) is 5.04. The van der Waals surface area contributed by atoms with Gasteiger partial charge in [0.15, 0.2) is 0 Å². The maximum Gasteiger partial charge on any atom is 0.306 e. The minimum Gasteiger partial charge on any atom is -0.466 e. The number of ether oxygens (including phenoxy) is 1. The van der Waals surface area contributed by atoms with Gasteiger partial charge < -0.3 is 15.0 Å². The van der Waals surface area contributed by atoms with Crippen molar-refractivity contribution < 1.29 is 19.1 Å². The number of piperidine rings is 1. The number of nitrogens with zero attached hydrogens (tertiary/aromatic N) is 1. The summed E-state index contributed by atoms with van der Waals surface area (Å²) >= 11 is 0. The van der Waals surface area contributed by atoms with Gasteiger partial charge in [-0.1, -0.05) is 32.9 Å². The molecule has 0 unspecified atom stereocenters. The number of nitrogens with one attached hydrogen (secondary N) is 1. The number of likely N-dealkylation sites (tertiary alicyclic amines) is 1. The molecule has 0 spiro atoms. The van der Waals surface area contributed by atoms with Crippen molar-refractivity contribution in [1.82, 2.24) is 10.2 Å². The summed E-state index contributed by atoms with van der Waals surface area (Å²) < 4.78 is 4.85. The number of hydrogen-bond acceptors (Lipinski definition) is 4. The number of carbonyl (C=O) groups excluding carboxylic acids is 3. The SMILES string of the molecule is CCOC(=O)CCC(=O)N1CCC(NC(=O)c2ccc(C(C)(C)C)cc2)CC1. The van der Waals surface area contributed by atoms with Crippen molar-refractivity contribution in [3.05, 3.63) is 35.4 Å². The van der Waals surface area contributed by atoms with Crippen molar-refractivity contribution in [3.63, 3.8) is 0 Å². The standard InChI is InChI=1S/C22H32N2O4/c1-5-28-20(26)11-10-19(25)24-14-12-18(13-15-24)23-21(27)16-6-8-17(9-7-16)22(2,3)4/h6-9,18H,5,10-15H2,1-4H3,(H,23,27). The molecule has 154 valence electrons. The van der Waals surface area contributed by atoms with Crippen LogP contribution in [0.4, 0.5) is 0 Å². The largest absolute Gasteiger partial charge is 0.466 e. The van der Waals surface area contributed by atoms with E-state index in [1.54, 1.807) is 11.8 Å². The molecule has 0 saturated carbocycles. The molecule has 1 saturated heterocycles. The van der Waals surface area contributed by atoms with Crippen LogP contribution in [0, 0.1) is 0 Å². The van der Waals surface area contributed by atoms with Crippen LogP contribution in [0.5, 0.6) is 0 Å². The van der Waals surface area contributed by atoms with E-state index in [1.165, 1.54) is 5.56 Å². The van der Waals surface area contributed by atoms with Crippen molar-refractivity contribution in [2.45, 2.75) is 64.8 Å². The quantitative estimate of drug-likeness (QED) is 0.760. The van der Waals surface area contributed by atoms with Crippen molar-refractivity contribution >= 4 is 17.8 Å². The Hall–Kier alpha value is -2.37. The predicted molar refractivity (Wildman–Crippen MR) is 108 cm³/mol. The zero-order chi connectivity index (χ0) is 20.7. The van der Waals surface area contributed by atoms with Gasteiger partial charge in [0.05, 0.1) is 13.0 Å². The first-order valence-corrected chi connectivity index (χ1v) is 10.1. The Morgan fingerprint density at radius 2 is 1.68 bits per heavy atom. The van der Waals surface area contributed by atoms with Crippen molar-refractivity contribution in [2.75, 3.05) is 19.7 Å². The zero-order valence-corrected chi connectivity index (χ0v) is 17.4. The van der Waals surface area contributed by atoms with Crippen molar-refractivity contribution in [2.24, 2.45) is 0 Å². The molecule has 6 heteroatoms. The normalized spacial score (nSPS) is 15.2. The fourth-order valence-electron chi connectivity index (χ4n) is 3.26. The average Bonchev–Trinajstić information content (AvgIpc) is 2.66. The Bertz CT molecular complexity index is 683. The monoisotopic (exact) mass is 388 g/mol. The maximum atomic E-state index is 12.5. The molecule has 6 nitrogen and oxygen atoms in total. The molecule has 1 aromatic rings. The lowest BCUT2D eigenvalue weighted by Gasteiger charge is -2.32. The fourth-order valence-corrected chi connectivity index (χ4v) is 3.26. The van der Waals surface area contributed by atoms with E-state index in [9.17, 15) is 14.4 Å². The topological polar surface area (TPSA) is 75.7 Å². The van der Waals surface area contributed by atoms with Crippen LogP contribution in [0.3, 0.4) is 0 Å². The minimum atomic E-state index is -0.338. The summed E-state index contributed by atoms with van der Waals surface area (Å²) in [4.78, 5) is 37.8. The molecule has 0 aromatic heterocycles. The molecule has 1 N–H and O–H groups in total. The lowest BCUT2D eigenvalue weighted by atomic mass is 9.86. The van der Waals surface area contributed by atoms with Crippen LogP contribution in [0.2, 0.25) is 0 Å². The third-order valence-electron chi connectivity index (χ3n) is 5.04. The summed E-state index contributed by atoms with van der Waals surface area (Å²) in [6.07, 6.45) is 1.73. The van der Waals surface area contributed by atoms with E-state index < -0.39 is 0 Å². The highest BCUT2D eigenvalue weighted by molar-refractivity contribution is 5.94. The van der Waals surface area contributed by atoms with Gasteiger partial charge in [-0.3, -0.25) is 14.4 Å². The Balaban J connectivity index is 1.78. The Morgan fingerprint density at radius 1 is 1.07 bits per heavy atom. The van der Waals surface area contributed by atoms with Crippen molar-refractivity contribution in [1.29, 1.82) is 0 Å². The smallest absolute Gasteiger partial charge is 0.306 e. The summed E-state index contributed by atoms with van der Waals surface area (Å²) in [7, 11) is 0. The summed E-state index contributed by atoms with van der Waals surface area (Å²) in [6, 6.07) is 7.79. The number of benzene rings is 1. The van der Waals surface area contributed by atoms with Gasteiger partial charge in [-0.15, -0.1) is 0 Å². The first-order valence-electron chi connectivity index (χ1n) is 10.1. The molecule has 28 heavy (non-hydrogen) atoms. The molecule has 2 amide bonds. The number of amides is 2. The van der Waals surface area contributed by atoms with Crippen molar-refractivity contribution in [3.8, 4) is 0 Å². The van der Waals surface area contributed by atoms with Crippen LogP contribution in [-0.4, -0.2) is 48.4 Å². The van der Waals surface area contributed by atoms with Gasteiger partial charge in [0.1, 0.15) is 0 Å². The van der Waals surface area contributed by atoms with Crippen LogP contribution >= 0.6 is 0 Å². The molecule has 1 aromatic carbocycles. The molecule has 1 aliphatic rings. The number of carbonyl (C=O) groups is 3. The molecule has 0 aliphatic carbocycles. The first-order chi connectivity index (χ1) is 13.2. The van der Waals surface area contributed by atoms with Gasteiger partial charge in [-0.05, 0) is 42.9 Å². The van der Waals surface area contributed by atoms with E-state index in [-0.39, 0.29) is 42.1 Å². The van der Waals surface area contributed by atoms with Crippen LogP contribution in [0.25, 0.3) is 0 Å². The molecule has 2 rings (SSSR count). The first kappa shape index (κ1) is 21.9. The second-order valence-corrected chi connectivity index (χ2v) is 8.26. The van der Waals surface area contributed by atoms with Gasteiger partial charge >= 0.3 is 5.97 Å². The molecule has 0 radical (unpaired) electrons. The molecular formula is C22H32N2O4. The molecule has 0 atom stereocenters. The number of hydrogen-bond donors (Lipinski definition) is 1. The maximum absolute atomic E-state index is 12.5. The Labute approximate surface area is 167 Å². The Kier molecular flexibility index (Phi) is 7.61. The van der Waals surface area contributed by atoms with E-state index in [1.807, 2.05) is 24.3 Å².